The number of nitrogens with zero attached hydrogens (tertiary/aromatic N) is 1. The van der Waals surface area contributed by atoms with Crippen molar-refractivity contribution in [2.75, 3.05) is 11.3 Å². The normalized spacial score (nSPS) is 12.0. The maximum Gasteiger partial charge on any atom is 0.405 e. The summed E-state index contributed by atoms with van der Waals surface area (Å²) in [5.41, 5.74) is -0.298. The van der Waals surface area contributed by atoms with Crippen LogP contribution in [0, 0.1) is 13.8 Å². The Hall–Kier alpha value is -2.56. The highest BCUT2D eigenvalue weighted by molar-refractivity contribution is 7.92. The summed E-state index contributed by atoms with van der Waals surface area (Å²) in [6.45, 7) is 1.29. The monoisotopic (exact) mass is 377 g/mol. The maximum atomic E-state index is 12.5. The molecule has 1 amide bonds. The van der Waals surface area contributed by atoms with Crippen LogP contribution in [0.5, 0.6) is 0 Å². The summed E-state index contributed by atoms with van der Waals surface area (Å²) >= 11 is 0. The highest BCUT2D eigenvalue weighted by Gasteiger charge is 2.29. The van der Waals surface area contributed by atoms with Gasteiger partial charge in [-0.25, -0.2) is 8.42 Å². The molecule has 25 heavy (non-hydrogen) atoms. The van der Waals surface area contributed by atoms with Gasteiger partial charge in [0, 0.05) is 0 Å². The number of hydrogen-bond acceptors (Lipinski definition) is 5. The summed E-state index contributed by atoms with van der Waals surface area (Å²) < 4.78 is 68.6. The van der Waals surface area contributed by atoms with E-state index in [2.05, 4.69) is 9.88 Å². The van der Waals surface area contributed by atoms with Crippen molar-refractivity contribution < 1.29 is 30.9 Å². The first-order chi connectivity index (χ1) is 11.5. The molecule has 0 saturated carbocycles. The van der Waals surface area contributed by atoms with Gasteiger partial charge < -0.3 is 9.84 Å². The third kappa shape index (κ3) is 4.50. The zero-order chi connectivity index (χ0) is 18.8. The van der Waals surface area contributed by atoms with E-state index >= 15 is 0 Å². The lowest BCUT2D eigenvalue weighted by Crippen LogP contribution is -2.34. The minimum Gasteiger partial charge on any atom is -0.360 e. The van der Waals surface area contributed by atoms with Gasteiger partial charge in [-0.2, -0.15) is 13.2 Å². The SMILES string of the molecule is Cc1noc(C)c1S(=O)(=O)Nc1ccccc1C(=O)NCC(F)(F)F. The molecule has 0 unspecified atom stereocenters. The minimum absolute atomic E-state index is 0.0454. The van der Waals surface area contributed by atoms with Gasteiger partial charge in [0.1, 0.15) is 12.2 Å². The van der Waals surface area contributed by atoms with E-state index in [4.69, 9.17) is 4.52 Å². The van der Waals surface area contributed by atoms with Crippen LogP contribution in [0.4, 0.5) is 18.9 Å². The standard InChI is InChI=1S/C14H14F3N3O4S/c1-8-12(9(2)24-19-8)25(22,23)20-11-6-4-3-5-10(11)13(21)18-7-14(15,16)17/h3-6,20H,7H2,1-2H3,(H,18,21). The molecule has 0 radical (unpaired) electrons. The number of hydrogen-bond donors (Lipinski definition) is 2. The first-order valence-electron chi connectivity index (χ1n) is 6.91. The number of benzene rings is 1. The Bertz CT molecular complexity index is 871. The molecule has 0 aliphatic heterocycles. The molecule has 0 bridgehead atoms. The first-order valence-corrected chi connectivity index (χ1v) is 8.39. The highest BCUT2D eigenvalue weighted by atomic mass is 32.2. The van der Waals surface area contributed by atoms with Gasteiger partial charge in [0.05, 0.1) is 11.3 Å². The fourth-order valence-corrected chi connectivity index (χ4v) is 3.51. The zero-order valence-electron chi connectivity index (χ0n) is 13.1. The molecule has 0 spiro atoms. The number of para-hydroxylation sites is 1. The molecule has 11 heteroatoms. The molecule has 7 nitrogen and oxygen atoms in total. The lowest BCUT2D eigenvalue weighted by molar-refractivity contribution is -0.123. The van der Waals surface area contributed by atoms with Gasteiger partial charge in [0.25, 0.3) is 15.9 Å². The van der Waals surface area contributed by atoms with E-state index in [9.17, 15) is 26.4 Å². The molecule has 0 fully saturated rings. The molecule has 1 aromatic carbocycles. The Labute approximate surface area is 141 Å². The van der Waals surface area contributed by atoms with Crippen molar-refractivity contribution in [1.29, 1.82) is 0 Å². The number of carbonyl (C=O) groups is 1. The predicted octanol–water partition coefficient (Wildman–Crippen LogP) is 2.38. The van der Waals surface area contributed by atoms with Crippen molar-refractivity contribution in [3.05, 3.63) is 41.3 Å². The predicted molar refractivity (Wildman–Crippen MR) is 81.6 cm³/mol. The Balaban J connectivity index is 2.31. The largest absolute Gasteiger partial charge is 0.405 e. The van der Waals surface area contributed by atoms with Crippen molar-refractivity contribution >= 4 is 21.6 Å². The molecule has 0 saturated heterocycles. The second-order valence-corrected chi connectivity index (χ2v) is 6.72. The van der Waals surface area contributed by atoms with Crippen LogP contribution in [-0.4, -0.2) is 32.2 Å². The van der Waals surface area contributed by atoms with Crippen LogP contribution in [0.15, 0.2) is 33.7 Å². The van der Waals surface area contributed by atoms with E-state index in [0.717, 1.165) is 0 Å². The number of carbonyl (C=O) groups excluding carboxylic acids is 1. The average Bonchev–Trinajstić information content (AvgIpc) is 2.84. The van der Waals surface area contributed by atoms with Crippen LogP contribution < -0.4 is 10.0 Å². The highest BCUT2D eigenvalue weighted by Crippen LogP contribution is 2.24. The summed E-state index contributed by atoms with van der Waals surface area (Å²) in [5.74, 6) is -1.02. The number of aryl methyl sites for hydroxylation is 2. The second-order valence-electron chi connectivity index (χ2n) is 5.10. The lowest BCUT2D eigenvalue weighted by Gasteiger charge is -2.13. The van der Waals surface area contributed by atoms with Crippen molar-refractivity contribution in [2.24, 2.45) is 0 Å². The number of sulfonamides is 1. The molecule has 136 valence electrons. The molecule has 0 atom stereocenters. The summed E-state index contributed by atoms with van der Waals surface area (Å²) in [7, 11) is -4.14. The van der Waals surface area contributed by atoms with E-state index in [1.807, 2.05) is 0 Å². The van der Waals surface area contributed by atoms with E-state index in [-0.39, 0.29) is 27.6 Å². The van der Waals surface area contributed by atoms with E-state index in [0.29, 0.717) is 0 Å². The van der Waals surface area contributed by atoms with E-state index < -0.39 is 28.7 Å². The van der Waals surface area contributed by atoms with Gasteiger partial charge in [0.2, 0.25) is 0 Å². The molecular formula is C14H14F3N3O4S. The Morgan fingerprint density at radius 1 is 1.24 bits per heavy atom. The van der Waals surface area contributed by atoms with Crippen molar-refractivity contribution in [1.82, 2.24) is 10.5 Å². The van der Waals surface area contributed by atoms with Crippen LogP contribution in [0.1, 0.15) is 21.8 Å². The fourth-order valence-electron chi connectivity index (χ4n) is 2.10. The summed E-state index contributed by atoms with van der Waals surface area (Å²) in [5, 5.41) is 5.23. The minimum atomic E-state index is -4.58. The maximum absolute atomic E-state index is 12.5. The van der Waals surface area contributed by atoms with E-state index in [1.54, 1.807) is 5.32 Å². The van der Waals surface area contributed by atoms with E-state index in [1.165, 1.54) is 38.1 Å². The number of nitrogens with one attached hydrogen (secondary N) is 2. The Kier molecular flexibility index (Phi) is 5.07. The molecule has 0 aliphatic carbocycles. The Morgan fingerprint density at radius 2 is 1.88 bits per heavy atom. The number of anilines is 1. The third-order valence-electron chi connectivity index (χ3n) is 3.10. The van der Waals surface area contributed by atoms with Crippen LogP contribution in [0.3, 0.4) is 0 Å². The van der Waals surface area contributed by atoms with Gasteiger partial charge in [-0.1, -0.05) is 17.3 Å². The quantitative estimate of drug-likeness (QED) is 0.833. The van der Waals surface area contributed by atoms with Crippen molar-refractivity contribution in [3.63, 3.8) is 0 Å². The molecule has 2 rings (SSSR count). The van der Waals surface area contributed by atoms with Crippen molar-refractivity contribution in [2.45, 2.75) is 24.9 Å². The summed E-state index contributed by atoms with van der Waals surface area (Å²) in [6, 6.07) is 5.30. The lowest BCUT2D eigenvalue weighted by atomic mass is 10.1. The molecule has 1 heterocycles. The van der Waals surface area contributed by atoms with Gasteiger partial charge >= 0.3 is 6.18 Å². The fraction of sp³-hybridized carbons (Fsp3) is 0.286. The number of amides is 1. The number of aromatic nitrogens is 1. The van der Waals surface area contributed by atoms with Crippen LogP contribution in [0.2, 0.25) is 0 Å². The molecular weight excluding hydrogens is 363 g/mol. The zero-order valence-corrected chi connectivity index (χ0v) is 14.0. The summed E-state index contributed by atoms with van der Waals surface area (Å²) in [4.78, 5) is 11.7. The van der Waals surface area contributed by atoms with Gasteiger partial charge in [-0.3, -0.25) is 9.52 Å². The first kappa shape index (κ1) is 18.8. The molecule has 2 N–H and O–H groups in total. The van der Waals surface area contributed by atoms with Gasteiger partial charge in [-0.15, -0.1) is 0 Å². The van der Waals surface area contributed by atoms with Crippen LogP contribution in [0.25, 0.3) is 0 Å². The topological polar surface area (TPSA) is 101 Å². The average molecular weight is 377 g/mol. The Morgan fingerprint density at radius 3 is 2.44 bits per heavy atom. The number of halogens is 3. The smallest absolute Gasteiger partial charge is 0.360 e. The molecule has 0 aliphatic rings. The van der Waals surface area contributed by atoms with Crippen LogP contribution >= 0.6 is 0 Å². The van der Waals surface area contributed by atoms with Crippen LogP contribution in [-0.2, 0) is 10.0 Å². The third-order valence-corrected chi connectivity index (χ3v) is 4.71. The van der Waals surface area contributed by atoms with Gasteiger partial charge in [-0.05, 0) is 26.0 Å². The van der Waals surface area contributed by atoms with Crippen molar-refractivity contribution in [3.8, 4) is 0 Å². The number of alkyl halides is 3. The number of rotatable bonds is 5. The molecule has 2 aromatic rings. The second kappa shape index (κ2) is 6.75. The molecule has 1 aromatic heterocycles. The summed E-state index contributed by atoms with van der Waals surface area (Å²) in [6.07, 6.45) is -4.58. The van der Waals surface area contributed by atoms with Gasteiger partial charge in [0.15, 0.2) is 10.7 Å².